The third kappa shape index (κ3) is 12.1. The molecule has 0 aliphatic heterocycles. The number of aromatic hydroxyl groups is 1. The van der Waals surface area contributed by atoms with E-state index in [9.17, 15) is 24.3 Å². The number of H-pyrrole nitrogens is 1. The summed E-state index contributed by atoms with van der Waals surface area (Å²) in [6.07, 6.45) is 7.01. The topological polar surface area (TPSA) is 153 Å². The van der Waals surface area contributed by atoms with Gasteiger partial charge in [-0.3, -0.25) is 14.4 Å². The van der Waals surface area contributed by atoms with Crippen LogP contribution in [0, 0.1) is 0 Å². The van der Waals surface area contributed by atoms with Crippen LogP contribution in [0.4, 0.5) is 4.79 Å². The van der Waals surface area contributed by atoms with Crippen LogP contribution in [0.3, 0.4) is 0 Å². The number of nitrogens with zero attached hydrogens (tertiary/aromatic N) is 1. The first kappa shape index (κ1) is 41.3. The lowest BCUT2D eigenvalue weighted by molar-refractivity contribution is -0.124. The predicted octanol–water partition coefficient (Wildman–Crippen LogP) is 6.88. The van der Waals surface area contributed by atoms with Gasteiger partial charge in [0, 0.05) is 31.2 Å². The van der Waals surface area contributed by atoms with Crippen LogP contribution in [0.5, 0.6) is 5.75 Å². The molecule has 57 heavy (non-hydrogen) atoms. The molecule has 0 bridgehead atoms. The van der Waals surface area contributed by atoms with Gasteiger partial charge in [-0.1, -0.05) is 116 Å². The minimum absolute atomic E-state index is 0.00285. The Kier molecular flexibility index (Phi) is 15.0. The number of carbonyl (C=O) groups excluding carboxylic acids is 3. The first-order valence-electron chi connectivity index (χ1n) is 20.0. The summed E-state index contributed by atoms with van der Waals surface area (Å²) in [5.74, 6) is -0.197. The van der Waals surface area contributed by atoms with Gasteiger partial charge in [-0.25, -0.2) is 4.79 Å². The van der Waals surface area contributed by atoms with Crippen molar-refractivity contribution in [3.05, 3.63) is 135 Å². The zero-order valence-corrected chi connectivity index (χ0v) is 33.3. The maximum absolute atomic E-state index is 14.0. The largest absolute Gasteiger partial charge is 0.506 e. The van der Waals surface area contributed by atoms with Crippen molar-refractivity contribution in [1.82, 2.24) is 25.8 Å². The first-order chi connectivity index (χ1) is 27.7. The van der Waals surface area contributed by atoms with Crippen molar-refractivity contribution in [2.75, 3.05) is 19.7 Å². The molecule has 2 atom stereocenters. The van der Waals surface area contributed by atoms with E-state index in [0.717, 1.165) is 59.3 Å². The molecule has 12 heteroatoms. The quantitative estimate of drug-likeness (QED) is 0.0603. The smallest absolute Gasteiger partial charge is 0.410 e. The van der Waals surface area contributed by atoms with Crippen molar-refractivity contribution >= 4 is 39.3 Å². The molecule has 300 valence electrons. The number of fused-ring (bicyclic) bond motifs is 1. The number of benzene rings is 4. The van der Waals surface area contributed by atoms with Crippen LogP contribution in [0.2, 0.25) is 0 Å². The molecule has 0 radical (unpaired) electrons. The molecule has 0 spiro atoms. The third-order valence-corrected chi connectivity index (χ3v) is 11.5. The van der Waals surface area contributed by atoms with Gasteiger partial charge in [0.05, 0.1) is 10.7 Å². The fourth-order valence-corrected chi connectivity index (χ4v) is 8.19. The minimum atomic E-state index is -0.694. The summed E-state index contributed by atoms with van der Waals surface area (Å²) in [4.78, 5) is 56.8. The fraction of sp³-hybridized carbons (Fsp3) is 0.378. The van der Waals surface area contributed by atoms with Gasteiger partial charge < -0.3 is 35.7 Å². The monoisotopic (exact) mass is 791 g/mol. The number of ketones is 1. The van der Waals surface area contributed by atoms with Crippen LogP contribution in [-0.2, 0) is 35.5 Å². The van der Waals surface area contributed by atoms with Gasteiger partial charge in [0.25, 0.3) is 5.91 Å². The maximum atomic E-state index is 14.0. The molecule has 1 saturated carbocycles. The molecule has 2 amide bonds. The van der Waals surface area contributed by atoms with Crippen LogP contribution < -0.4 is 20.8 Å². The molecule has 5 N–H and O–H groups in total. The number of aromatic nitrogens is 1. The normalized spacial score (nSPS) is 14.4. The predicted molar refractivity (Wildman–Crippen MR) is 225 cm³/mol. The van der Waals surface area contributed by atoms with Crippen LogP contribution in [-0.4, -0.2) is 70.6 Å². The number of aromatic amines is 1. The highest BCUT2D eigenvalue weighted by Crippen LogP contribution is 2.28. The zero-order chi connectivity index (χ0) is 40.0. The summed E-state index contributed by atoms with van der Waals surface area (Å²) < 4.78 is 6.64. The minimum Gasteiger partial charge on any atom is -0.506 e. The number of nitrogens with one attached hydrogen (secondary N) is 4. The van der Waals surface area contributed by atoms with E-state index in [1.54, 1.807) is 17.0 Å². The van der Waals surface area contributed by atoms with Crippen molar-refractivity contribution in [2.24, 2.45) is 0 Å². The number of phenolic OH excluding ortho intramolecular Hbond substituents is 1. The number of rotatable bonds is 18. The van der Waals surface area contributed by atoms with Gasteiger partial charge in [-0.05, 0) is 79.6 Å². The lowest BCUT2D eigenvalue weighted by Gasteiger charge is -2.28. The fourth-order valence-electron chi connectivity index (χ4n) is 7.29. The Bertz CT molecular complexity index is 2110. The SMILES string of the molecule is C[C@H](NCCc1ccc(C(=O)NCc2ccccc2)cc1)C(=O)C(COC(=O)N(CCc1ccc(O)c2[nH]c(=O)sc12)Cc1ccccc1)NC1CCCCCC1. The molecular weight excluding hydrogens is 739 g/mol. The van der Waals surface area contributed by atoms with Gasteiger partial charge in [0.15, 0.2) is 5.78 Å². The highest BCUT2D eigenvalue weighted by Gasteiger charge is 2.29. The molecule has 4 aromatic carbocycles. The second-order valence-electron chi connectivity index (χ2n) is 14.8. The Hall–Kier alpha value is -5.30. The molecule has 0 saturated heterocycles. The Balaban J connectivity index is 1.06. The summed E-state index contributed by atoms with van der Waals surface area (Å²) in [5, 5.41) is 20.2. The van der Waals surface area contributed by atoms with E-state index >= 15 is 0 Å². The van der Waals surface area contributed by atoms with E-state index in [4.69, 9.17) is 4.74 Å². The third-order valence-electron chi connectivity index (χ3n) is 10.6. The number of hydrogen-bond donors (Lipinski definition) is 5. The number of carbonyl (C=O) groups is 3. The van der Waals surface area contributed by atoms with E-state index in [2.05, 4.69) is 20.9 Å². The summed E-state index contributed by atoms with van der Waals surface area (Å²) in [6, 6.07) is 29.2. The van der Waals surface area contributed by atoms with Crippen molar-refractivity contribution in [1.29, 1.82) is 0 Å². The first-order valence-corrected chi connectivity index (χ1v) is 20.8. The van der Waals surface area contributed by atoms with E-state index < -0.39 is 18.2 Å². The summed E-state index contributed by atoms with van der Waals surface area (Å²) >= 11 is 1.03. The molecule has 1 unspecified atom stereocenters. The number of Topliss-reactive ketones (excluding diaryl/α,β-unsaturated/α-hetero) is 1. The highest BCUT2D eigenvalue weighted by molar-refractivity contribution is 7.16. The Labute approximate surface area is 337 Å². The Morgan fingerprint density at radius 3 is 2.25 bits per heavy atom. The van der Waals surface area contributed by atoms with E-state index in [1.165, 1.54) is 12.8 Å². The molecule has 6 rings (SSSR count). The van der Waals surface area contributed by atoms with Gasteiger partial charge >= 0.3 is 11.0 Å². The number of thiazole rings is 1. The van der Waals surface area contributed by atoms with Crippen molar-refractivity contribution < 1.29 is 24.2 Å². The lowest BCUT2D eigenvalue weighted by Crippen LogP contribution is -2.53. The standard InChI is InChI=1S/C45H53N5O6S/c1-31(46-26-24-32-18-20-36(21-19-32)43(53)47-28-33-12-6-4-7-13-33)41(52)38(48-37-16-10-2-3-11-17-37)30-56-45(55)50(29-34-14-8-5-9-15-34)27-25-35-22-23-39(51)40-42(35)57-44(54)49-40/h4-9,12-15,18-23,31,37-38,46,48,51H,2-3,10-11,16-17,24-30H2,1H3,(H,47,53)(H,49,54)/t31-,38?/m0/s1. The van der Waals surface area contributed by atoms with Crippen molar-refractivity contribution in [3.8, 4) is 5.75 Å². The number of ether oxygens (including phenoxy) is 1. The number of amides is 2. The molecule has 1 aromatic heterocycles. The molecule has 1 aliphatic rings. The van der Waals surface area contributed by atoms with E-state index in [1.807, 2.05) is 91.9 Å². The Morgan fingerprint density at radius 2 is 1.54 bits per heavy atom. The van der Waals surface area contributed by atoms with Crippen LogP contribution in [0.25, 0.3) is 10.2 Å². The average molecular weight is 792 g/mol. The summed E-state index contributed by atoms with van der Waals surface area (Å²) in [7, 11) is 0. The van der Waals surface area contributed by atoms with E-state index in [-0.39, 0.29) is 35.0 Å². The van der Waals surface area contributed by atoms with Gasteiger partial charge in [0.1, 0.15) is 23.9 Å². The molecule has 1 aliphatic carbocycles. The van der Waals surface area contributed by atoms with Crippen molar-refractivity contribution in [2.45, 2.75) is 89.5 Å². The van der Waals surface area contributed by atoms with Gasteiger partial charge in [-0.15, -0.1) is 0 Å². The van der Waals surface area contributed by atoms with Crippen LogP contribution >= 0.6 is 11.3 Å². The van der Waals surface area contributed by atoms with Gasteiger partial charge in [0.2, 0.25) is 0 Å². The van der Waals surface area contributed by atoms with Crippen LogP contribution in [0.1, 0.15) is 78.1 Å². The summed E-state index contributed by atoms with van der Waals surface area (Å²) in [5.41, 5.74) is 4.83. The van der Waals surface area contributed by atoms with Crippen LogP contribution in [0.15, 0.2) is 102 Å². The van der Waals surface area contributed by atoms with Gasteiger partial charge in [-0.2, -0.15) is 0 Å². The van der Waals surface area contributed by atoms with E-state index in [0.29, 0.717) is 54.8 Å². The maximum Gasteiger partial charge on any atom is 0.410 e. The summed E-state index contributed by atoms with van der Waals surface area (Å²) in [6.45, 7) is 3.35. The average Bonchev–Trinajstić information content (AvgIpc) is 3.46. The second-order valence-corrected chi connectivity index (χ2v) is 15.8. The molecule has 11 nitrogen and oxygen atoms in total. The molecule has 1 heterocycles. The molecule has 1 fully saturated rings. The molecular formula is C45H53N5O6S. The van der Waals surface area contributed by atoms with Crippen molar-refractivity contribution in [3.63, 3.8) is 0 Å². The zero-order valence-electron chi connectivity index (χ0n) is 32.5. The second kappa shape index (κ2) is 20.7. The lowest BCUT2D eigenvalue weighted by atomic mass is 10.0. The highest BCUT2D eigenvalue weighted by atomic mass is 32.1. The number of hydrogen-bond acceptors (Lipinski definition) is 9. The molecule has 5 aromatic rings. The Morgan fingerprint density at radius 1 is 0.860 bits per heavy atom. The number of phenols is 1.